The molecule has 0 bridgehead atoms. The highest BCUT2D eigenvalue weighted by Gasteiger charge is 1.94. The number of thiol groups is 1. The Kier molecular flexibility index (Phi) is 5.88. The molecule has 0 aliphatic heterocycles. The highest BCUT2D eigenvalue weighted by Crippen LogP contribution is 2.02. The van der Waals surface area contributed by atoms with E-state index in [4.69, 9.17) is 0 Å². The Morgan fingerprint density at radius 3 is 2.75 bits per heavy atom. The summed E-state index contributed by atoms with van der Waals surface area (Å²) < 4.78 is 0. The molecule has 47 valence electrons. The van der Waals surface area contributed by atoms with Crippen LogP contribution in [-0.4, -0.2) is 11.1 Å². The standard InChI is InChI=1S/C6H11S2/c1-6(5-8)3-2-4-7/h6-7H,2-4H2,1H3. The number of hydrogen-bond acceptors (Lipinski definition) is 2. The van der Waals surface area contributed by atoms with E-state index in [1.807, 2.05) is 0 Å². The van der Waals surface area contributed by atoms with E-state index >= 15 is 0 Å². The van der Waals surface area contributed by atoms with Crippen LogP contribution < -0.4 is 0 Å². The monoisotopic (exact) mass is 147 g/mol. The lowest BCUT2D eigenvalue weighted by Gasteiger charge is -1.98. The quantitative estimate of drug-likeness (QED) is 0.470. The minimum Gasteiger partial charge on any atom is -0.179 e. The van der Waals surface area contributed by atoms with Gasteiger partial charge in [0.1, 0.15) is 0 Å². The summed E-state index contributed by atoms with van der Waals surface area (Å²) in [5, 5.41) is 2.75. The second kappa shape index (κ2) is 5.57. The average Bonchev–Trinajstić information content (AvgIpc) is 1.83. The average molecular weight is 147 g/mol. The fourth-order valence-corrected chi connectivity index (χ4v) is 0.757. The van der Waals surface area contributed by atoms with Gasteiger partial charge in [0.05, 0.1) is 0 Å². The maximum Gasteiger partial charge on any atom is 0.0322 e. The number of hydrogen-bond donors (Lipinski definition) is 1. The molecule has 0 aromatic heterocycles. The van der Waals surface area contributed by atoms with Crippen LogP contribution in [0.15, 0.2) is 0 Å². The second-order valence-corrected chi connectivity index (χ2v) is 2.57. The van der Waals surface area contributed by atoms with E-state index in [0.717, 1.165) is 18.6 Å². The van der Waals surface area contributed by atoms with Crippen molar-refractivity contribution < 1.29 is 0 Å². The van der Waals surface area contributed by atoms with E-state index in [0.29, 0.717) is 5.92 Å². The molecule has 0 aliphatic carbocycles. The van der Waals surface area contributed by atoms with E-state index in [1.165, 1.54) is 0 Å². The zero-order valence-corrected chi connectivity index (χ0v) is 6.77. The first-order valence-electron chi connectivity index (χ1n) is 2.79. The van der Waals surface area contributed by atoms with Crippen molar-refractivity contribution in [2.24, 2.45) is 5.92 Å². The van der Waals surface area contributed by atoms with E-state index in [-0.39, 0.29) is 0 Å². The van der Waals surface area contributed by atoms with Gasteiger partial charge in [-0.1, -0.05) is 19.1 Å². The van der Waals surface area contributed by atoms with Crippen LogP contribution in [0.4, 0.5) is 0 Å². The molecule has 0 amide bonds. The van der Waals surface area contributed by atoms with Gasteiger partial charge in [0.2, 0.25) is 0 Å². The summed E-state index contributed by atoms with van der Waals surface area (Å²) in [6.07, 6.45) is 2.28. The fourth-order valence-electron chi connectivity index (χ4n) is 0.456. The summed E-state index contributed by atoms with van der Waals surface area (Å²) in [4.78, 5) is 0. The zero-order chi connectivity index (χ0) is 6.41. The molecule has 0 saturated carbocycles. The van der Waals surface area contributed by atoms with Gasteiger partial charge < -0.3 is 0 Å². The van der Waals surface area contributed by atoms with Gasteiger partial charge in [-0.25, -0.2) is 0 Å². The van der Waals surface area contributed by atoms with Gasteiger partial charge in [-0.05, 0) is 24.5 Å². The number of rotatable bonds is 4. The Morgan fingerprint density at radius 2 is 2.38 bits per heavy atom. The van der Waals surface area contributed by atoms with Gasteiger partial charge in [-0.2, -0.15) is 12.6 Å². The third-order valence-electron chi connectivity index (χ3n) is 0.996. The third-order valence-corrected chi connectivity index (χ3v) is 1.72. The molecular weight excluding hydrogens is 136 g/mol. The molecule has 0 aromatic rings. The summed E-state index contributed by atoms with van der Waals surface area (Å²) >= 11 is 8.69. The molecule has 1 atom stereocenters. The normalized spacial score (nSPS) is 13.2. The Bertz CT molecular complexity index is 61.5. The smallest absolute Gasteiger partial charge is 0.0322 e. The molecule has 0 aromatic carbocycles. The van der Waals surface area contributed by atoms with E-state index in [1.54, 1.807) is 0 Å². The van der Waals surface area contributed by atoms with Gasteiger partial charge >= 0.3 is 0 Å². The van der Waals surface area contributed by atoms with Crippen LogP contribution in [0.25, 0.3) is 0 Å². The SMILES string of the molecule is CC([C]=S)CCCS. The van der Waals surface area contributed by atoms with Crippen LogP contribution >= 0.6 is 24.8 Å². The lowest BCUT2D eigenvalue weighted by molar-refractivity contribution is 0.689. The molecule has 0 aliphatic rings. The lowest BCUT2D eigenvalue weighted by Crippen LogP contribution is -1.93. The first-order valence-corrected chi connectivity index (χ1v) is 3.84. The van der Waals surface area contributed by atoms with Crippen LogP contribution in [-0.2, 0) is 0 Å². The fraction of sp³-hybridized carbons (Fsp3) is 0.833. The lowest BCUT2D eigenvalue weighted by atomic mass is 10.1. The molecule has 8 heavy (non-hydrogen) atoms. The van der Waals surface area contributed by atoms with Crippen LogP contribution in [0, 0.1) is 5.92 Å². The van der Waals surface area contributed by atoms with Crippen LogP contribution in [0.2, 0.25) is 0 Å². The molecule has 0 rings (SSSR count). The van der Waals surface area contributed by atoms with Crippen LogP contribution in [0.5, 0.6) is 0 Å². The molecule has 0 nitrogen and oxygen atoms in total. The van der Waals surface area contributed by atoms with Gasteiger partial charge in [0, 0.05) is 5.37 Å². The topological polar surface area (TPSA) is 0 Å². The van der Waals surface area contributed by atoms with Gasteiger partial charge in [-0.15, -0.1) is 0 Å². The summed E-state index contributed by atoms with van der Waals surface area (Å²) in [7, 11) is 0. The highest BCUT2D eigenvalue weighted by molar-refractivity contribution is 7.80. The molecule has 0 spiro atoms. The molecule has 2 heteroatoms. The van der Waals surface area contributed by atoms with E-state index in [2.05, 4.69) is 37.1 Å². The first kappa shape index (κ1) is 8.44. The predicted octanol–water partition coefficient (Wildman–Crippen LogP) is 2.21. The molecule has 0 fully saturated rings. The van der Waals surface area contributed by atoms with E-state index in [9.17, 15) is 0 Å². The molecule has 0 N–H and O–H groups in total. The number of thiocarbonyl (C=S) groups is 1. The summed E-state index contributed by atoms with van der Waals surface area (Å²) in [6, 6.07) is 0. The minimum absolute atomic E-state index is 0.470. The third kappa shape index (κ3) is 4.60. The van der Waals surface area contributed by atoms with Crippen molar-refractivity contribution in [3.8, 4) is 0 Å². The summed E-state index contributed by atoms with van der Waals surface area (Å²) in [6.45, 7) is 2.08. The first-order chi connectivity index (χ1) is 3.81. The van der Waals surface area contributed by atoms with Crippen LogP contribution in [0.1, 0.15) is 19.8 Å². The van der Waals surface area contributed by atoms with E-state index < -0.39 is 0 Å². The van der Waals surface area contributed by atoms with Crippen molar-refractivity contribution in [3.63, 3.8) is 0 Å². The second-order valence-electron chi connectivity index (χ2n) is 1.88. The molecule has 0 heterocycles. The largest absolute Gasteiger partial charge is 0.179 e. The molecule has 1 unspecified atom stereocenters. The van der Waals surface area contributed by atoms with Gasteiger partial charge in [-0.3, -0.25) is 0 Å². The Balaban J connectivity index is 2.98. The Morgan fingerprint density at radius 1 is 1.75 bits per heavy atom. The summed E-state index contributed by atoms with van der Waals surface area (Å²) in [5.41, 5.74) is 0. The Labute approximate surface area is 62.1 Å². The molecule has 1 radical (unpaired) electrons. The van der Waals surface area contributed by atoms with Crippen molar-refractivity contribution in [1.82, 2.24) is 0 Å². The zero-order valence-electron chi connectivity index (χ0n) is 5.05. The highest BCUT2D eigenvalue weighted by atomic mass is 32.1. The van der Waals surface area contributed by atoms with Crippen molar-refractivity contribution in [2.45, 2.75) is 19.8 Å². The maximum absolute atomic E-state index is 4.61. The predicted molar refractivity (Wildman–Crippen MR) is 44.8 cm³/mol. The maximum atomic E-state index is 4.61. The van der Waals surface area contributed by atoms with Gasteiger partial charge in [0.25, 0.3) is 0 Å². The van der Waals surface area contributed by atoms with Crippen molar-refractivity contribution >= 4 is 30.2 Å². The minimum atomic E-state index is 0.470. The molecular formula is C6H11S2. The van der Waals surface area contributed by atoms with Crippen molar-refractivity contribution in [2.75, 3.05) is 5.75 Å². The molecule has 0 saturated heterocycles. The Hall–Kier alpha value is 0.440. The summed E-state index contributed by atoms with van der Waals surface area (Å²) in [5.74, 6) is 1.43. The van der Waals surface area contributed by atoms with Crippen LogP contribution in [0.3, 0.4) is 0 Å². The van der Waals surface area contributed by atoms with Gasteiger partial charge in [0.15, 0.2) is 0 Å². The van der Waals surface area contributed by atoms with Crippen molar-refractivity contribution in [3.05, 3.63) is 0 Å². The van der Waals surface area contributed by atoms with Crippen molar-refractivity contribution in [1.29, 1.82) is 0 Å².